The summed E-state index contributed by atoms with van der Waals surface area (Å²) in [5.41, 5.74) is 3.79. The number of ether oxygens (including phenoxy) is 1. The van der Waals surface area contributed by atoms with Crippen molar-refractivity contribution in [3.8, 4) is 5.75 Å². The van der Waals surface area contributed by atoms with Crippen LogP contribution in [-0.2, 0) is 17.8 Å². The van der Waals surface area contributed by atoms with Crippen molar-refractivity contribution >= 4 is 17.5 Å². The number of methoxy groups -OCH3 is 1. The van der Waals surface area contributed by atoms with E-state index in [1.807, 2.05) is 77.7 Å². The molecule has 1 fully saturated rings. The Kier molecular flexibility index (Phi) is 6.21. The van der Waals surface area contributed by atoms with E-state index in [1.165, 1.54) is 0 Å². The van der Waals surface area contributed by atoms with Crippen LogP contribution in [0.3, 0.4) is 0 Å². The largest absolute Gasteiger partial charge is 0.495 e. The Morgan fingerprint density at radius 2 is 1.56 bits per heavy atom. The number of para-hydroxylation sites is 2. The van der Waals surface area contributed by atoms with Crippen LogP contribution in [-0.4, -0.2) is 60.9 Å². The molecule has 3 aromatic rings. The van der Waals surface area contributed by atoms with Gasteiger partial charge in [0, 0.05) is 44.7 Å². The molecule has 34 heavy (non-hydrogen) atoms. The van der Waals surface area contributed by atoms with E-state index in [-0.39, 0.29) is 11.8 Å². The van der Waals surface area contributed by atoms with Crippen LogP contribution < -0.4 is 9.64 Å². The Hall–Kier alpha value is -3.80. The number of carbonyl (C=O) groups excluding carboxylic acids is 2. The molecule has 6 nitrogen and oxygen atoms in total. The fraction of sp³-hybridized carbons (Fsp3) is 0.286. The Bertz CT molecular complexity index is 1170. The molecule has 2 amide bonds. The van der Waals surface area contributed by atoms with Crippen molar-refractivity contribution in [1.29, 1.82) is 0 Å². The van der Waals surface area contributed by atoms with Crippen molar-refractivity contribution in [3.05, 3.63) is 95.6 Å². The van der Waals surface area contributed by atoms with Crippen molar-refractivity contribution in [2.45, 2.75) is 19.0 Å². The molecular weight excluding hydrogens is 426 g/mol. The SMILES string of the molecule is COc1ccccc1N1CCN(C(=O)[C@@H](Cc2ccccc2)N2Cc3ccccc3C2=O)CC1. The van der Waals surface area contributed by atoms with Gasteiger partial charge < -0.3 is 19.4 Å². The number of nitrogens with zero attached hydrogens (tertiary/aromatic N) is 3. The molecule has 2 heterocycles. The first kappa shape index (κ1) is 22.0. The van der Waals surface area contributed by atoms with E-state index in [1.54, 1.807) is 12.0 Å². The van der Waals surface area contributed by atoms with Crippen molar-refractivity contribution in [3.63, 3.8) is 0 Å². The summed E-state index contributed by atoms with van der Waals surface area (Å²) in [4.78, 5) is 33.0. The van der Waals surface area contributed by atoms with Crippen LogP contribution in [0.1, 0.15) is 21.5 Å². The van der Waals surface area contributed by atoms with Crippen LogP contribution >= 0.6 is 0 Å². The molecule has 0 aliphatic carbocycles. The zero-order valence-electron chi connectivity index (χ0n) is 19.4. The molecule has 2 aliphatic heterocycles. The number of anilines is 1. The van der Waals surface area contributed by atoms with Gasteiger partial charge in [0.2, 0.25) is 5.91 Å². The molecule has 2 aliphatic rings. The summed E-state index contributed by atoms with van der Waals surface area (Å²) in [5, 5.41) is 0. The van der Waals surface area contributed by atoms with Crippen LogP contribution in [0, 0.1) is 0 Å². The molecule has 0 saturated carbocycles. The van der Waals surface area contributed by atoms with Crippen LogP contribution in [0.4, 0.5) is 5.69 Å². The summed E-state index contributed by atoms with van der Waals surface area (Å²) in [5.74, 6) is 0.798. The molecule has 1 atom stereocenters. The number of amides is 2. The van der Waals surface area contributed by atoms with Crippen LogP contribution in [0.2, 0.25) is 0 Å². The molecule has 0 aromatic heterocycles. The predicted molar refractivity (Wildman–Crippen MR) is 132 cm³/mol. The smallest absolute Gasteiger partial charge is 0.255 e. The normalized spacial score (nSPS) is 16.4. The number of carbonyl (C=O) groups is 2. The van der Waals surface area contributed by atoms with E-state index in [4.69, 9.17) is 4.74 Å². The van der Waals surface area contributed by atoms with E-state index in [9.17, 15) is 9.59 Å². The summed E-state index contributed by atoms with van der Waals surface area (Å²) in [7, 11) is 1.68. The Morgan fingerprint density at radius 1 is 0.882 bits per heavy atom. The number of benzene rings is 3. The third-order valence-corrected chi connectivity index (χ3v) is 6.80. The lowest BCUT2D eigenvalue weighted by atomic mass is 10.0. The van der Waals surface area contributed by atoms with Gasteiger partial charge in [-0.2, -0.15) is 0 Å². The number of rotatable bonds is 6. The molecule has 0 radical (unpaired) electrons. The van der Waals surface area contributed by atoms with Gasteiger partial charge in [0.25, 0.3) is 5.91 Å². The molecular formula is C28H29N3O3. The minimum atomic E-state index is -0.528. The van der Waals surface area contributed by atoms with Crippen molar-refractivity contribution in [1.82, 2.24) is 9.80 Å². The average molecular weight is 456 g/mol. The highest BCUT2D eigenvalue weighted by Gasteiger charge is 2.38. The third-order valence-electron chi connectivity index (χ3n) is 6.80. The molecule has 0 N–H and O–H groups in total. The zero-order valence-corrected chi connectivity index (χ0v) is 19.4. The fourth-order valence-electron chi connectivity index (χ4n) is 4.97. The second-order valence-corrected chi connectivity index (χ2v) is 8.78. The average Bonchev–Trinajstić information content (AvgIpc) is 3.23. The van der Waals surface area contributed by atoms with Gasteiger partial charge in [-0.1, -0.05) is 60.7 Å². The molecule has 1 saturated heterocycles. The maximum atomic E-state index is 13.8. The molecule has 0 bridgehead atoms. The van der Waals surface area contributed by atoms with E-state index in [0.717, 1.165) is 35.7 Å². The molecule has 3 aromatic carbocycles. The van der Waals surface area contributed by atoms with Gasteiger partial charge >= 0.3 is 0 Å². The highest BCUT2D eigenvalue weighted by atomic mass is 16.5. The molecule has 6 heteroatoms. The summed E-state index contributed by atoms with van der Waals surface area (Å²) in [6.45, 7) is 3.13. The van der Waals surface area contributed by atoms with Crippen LogP contribution in [0.5, 0.6) is 5.75 Å². The first-order valence-corrected chi connectivity index (χ1v) is 11.8. The first-order chi connectivity index (χ1) is 16.7. The lowest BCUT2D eigenvalue weighted by Gasteiger charge is -2.39. The zero-order chi connectivity index (χ0) is 23.5. The molecule has 0 unspecified atom stereocenters. The quantitative estimate of drug-likeness (QED) is 0.570. The highest BCUT2D eigenvalue weighted by molar-refractivity contribution is 6.01. The maximum absolute atomic E-state index is 13.8. The van der Waals surface area contributed by atoms with Gasteiger partial charge in [-0.15, -0.1) is 0 Å². The highest BCUT2D eigenvalue weighted by Crippen LogP contribution is 2.30. The summed E-state index contributed by atoms with van der Waals surface area (Å²) >= 11 is 0. The van der Waals surface area contributed by atoms with E-state index in [0.29, 0.717) is 31.6 Å². The Morgan fingerprint density at radius 3 is 2.29 bits per heavy atom. The summed E-state index contributed by atoms with van der Waals surface area (Å²) in [6, 6.07) is 25.1. The minimum absolute atomic E-state index is 0.0182. The van der Waals surface area contributed by atoms with Gasteiger partial charge in [0.15, 0.2) is 0 Å². The van der Waals surface area contributed by atoms with Gasteiger partial charge in [-0.3, -0.25) is 9.59 Å². The van der Waals surface area contributed by atoms with E-state index >= 15 is 0 Å². The fourth-order valence-corrected chi connectivity index (χ4v) is 4.97. The van der Waals surface area contributed by atoms with Gasteiger partial charge in [0.1, 0.15) is 11.8 Å². The first-order valence-electron chi connectivity index (χ1n) is 11.8. The molecule has 0 spiro atoms. The minimum Gasteiger partial charge on any atom is -0.495 e. The van der Waals surface area contributed by atoms with E-state index in [2.05, 4.69) is 11.0 Å². The van der Waals surface area contributed by atoms with Crippen LogP contribution in [0.15, 0.2) is 78.9 Å². The Balaban J connectivity index is 1.35. The number of piperazine rings is 1. The van der Waals surface area contributed by atoms with Gasteiger partial charge in [0.05, 0.1) is 12.8 Å². The van der Waals surface area contributed by atoms with E-state index < -0.39 is 6.04 Å². The number of fused-ring (bicyclic) bond motifs is 1. The van der Waals surface area contributed by atoms with Gasteiger partial charge in [-0.05, 0) is 29.3 Å². The van der Waals surface area contributed by atoms with Crippen LogP contribution in [0.25, 0.3) is 0 Å². The van der Waals surface area contributed by atoms with Crippen molar-refractivity contribution in [2.24, 2.45) is 0 Å². The standard InChI is InChI=1S/C28H29N3O3/c1-34-26-14-8-7-13-24(26)29-15-17-30(18-16-29)28(33)25(19-21-9-3-2-4-10-21)31-20-22-11-5-6-12-23(22)27(31)32/h2-14,25H,15-20H2,1H3/t25-/m1/s1. The van der Waals surface area contributed by atoms with Gasteiger partial charge in [-0.25, -0.2) is 0 Å². The lowest BCUT2D eigenvalue weighted by Crippen LogP contribution is -2.55. The predicted octanol–water partition coefficient (Wildman–Crippen LogP) is 3.61. The Labute approximate surface area is 200 Å². The topological polar surface area (TPSA) is 53.1 Å². The lowest BCUT2D eigenvalue weighted by molar-refractivity contribution is -0.136. The summed E-state index contributed by atoms with van der Waals surface area (Å²) < 4.78 is 5.52. The van der Waals surface area contributed by atoms with Crippen molar-refractivity contribution in [2.75, 3.05) is 38.2 Å². The maximum Gasteiger partial charge on any atom is 0.255 e. The number of hydrogen-bond donors (Lipinski definition) is 0. The second-order valence-electron chi connectivity index (χ2n) is 8.78. The third kappa shape index (κ3) is 4.23. The molecule has 5 rings (SSSR count). The summed E-state index contributed by atoms with van der Waals surface area (Å²) in [6.07, 6.45) is 0.506. The second kappa shape index (κ2) is 9.59. The van der Waals surface area contributed by atoms with Crippen molar-refractivity contribution < 1.29 is 14.3 Å². The molecule has 174 valence electrons. The number of hydrogen-bond acceptors (Lipinski definition) is 4. The monoisotopic (exact) mass is 455 g/mol.